The second-order valence-corrected chi connectivity index (χ2v) is 4.17. The predicted octanol–water partition coefficient (Wildman–Crippen LogP) is 2.18. The first-order valence-electron chi connectivity index (χ1n) is 4.57. The van der Waals surface area contributed by atoms with E-state index in [2.05, 4.69) is 27.2 Å². The van der Waals surface area contributed by atoms with E-state index >= 15 is 0 Å². The molecule has 0 N–H and O–H groups in total. The summed E-state index contributed by atoms with van der Waals surface area (Å²) < 4.78 is 4.69. The fourth-order valence-electron chi connectivity index (χ4n) is 1.27. The first kappa shape index (κ1) is 11.7. The highest BCUT2D eigenvalue weighted by molar-refractivity contribution is 7.80. The van der Waals surface area contributed by atoms with E-state index in [1.54, 1.807) is 12.4 Å². The van der Waals surface area contributed by atoms with Crippen LogP contribution in [0, 0.1) is 0 Å². The summed E-state index contributed by atoms with van der Waals surface area (Å²) >= 11 is 5.86. The third kappa shape index (κ3) is 2.20. The molecule has 0 aliphatic heterocycles. The number of hydrogen-bond donors (Lipinski definition) is 0. The fourth-order valence-corrected chi connectivity index (χ4v) is 2.30. The SMILES string of the molecule is COC(=O)c1sc2nccnc2c1N=CC=S. The number of rotatable bonds is 3. The van der Waals surface area contributed by atoms with Crippen LogP contribution in [0.2, 0.25) is 0 Å². The monoisotopic (exact) mass is 265 g/mol. The molecule has 0 fully saturated rings. The standard InChI is InChI=1S/C10H7N3O2S2/c1-15-10(14)8-6(12-4-5-16)7-9(17-8)13-3-2-11-7/h2-5H,1H3. The first-order valence-corrected chi connectivity index (χ1v) is 5.86. The van der Waals surface area contributed by atoms with Gasteiger partial charge in [0.2, 0.25) is 0 Å². The van der Waals surface area contributed by atoms with E-state index in [1.165, 1.54) is 30.0 Å². The molecular formula is C10H7N3O2S2. The van der Waals surface area contributed by atoms with Crippen LogP contribution in [0.25, 0.3) is 10.3 Å². The number of aromatic nitrogens is 2. The summed E-state index contributed by atoms with van der Waals surface area (Å²) in [5.74, 6) is -0.452. The molecule has 0 amide bonds. The molecule has 0 spiro atoms. The molecule has 2 rings (SSSR count). The van der Waals surface area contributed by atoms with Crippen LogP contribution in [0.3, 0.4) is 0 Å². The molecule has 0 aliphatic rings. The number of ether oxygens (including phenoxy) is 1. The van der Waals surface area contributed by atoms with Gasteiger partial charge in [0.25, 0.3) is 0 Å². The molecule has 0 aromatic carbocycles. The Balaban J connectivity index is 2.68. The van der Waals surface area contributed by atoms with E-state index in [-0.39, 0.29) is 0 Å². The van der Waals surface area contributed by atoms with Crippen molar-refractivity contribution in [2.75, 3.05) is 7.11 Å². The van der Waals surface area contributed by atoms with Gasteiger partial charge in [0, 0.05) is 24.0 Å². The van der Waals surface area contributed by atoms with Gasteiger partial charge < -0.3 is 4.74 Å². The van der Waals surface area contributed by atoms with Crippen LogP contribution in [0.4, 0.5) is 5.69 Å². The third-order valence-corrected chi connectivity index (χ3v) is 3.12. The lowest BCUT2D eigenvalue weighted by Crippen LogP contribution is -1.98. The summed E-state index contributed by atoms with van der Waals surface area (Å²) in [5.41, 5.74) is 1.03. The number of hydrogen-bond acceptors (Lipinski definition) is 7. The van der Waals surface area contributed by atoms with Crippen molar-refractivity contribution >= 4 is 57.1 Å². The molecule has 2 aromatic heterocycles. The quantitative estimate of drug-likeness (QED) is 0.483. The van der Waals surface area contributed by atoms with Gasteiger partial charge in [0.1, 0.15) is 20.9 Å². The molecule has 0 aliphatic carbocycles. The highest BCUT2D eigenvalue weighted by Crippen LogP contribution is 2.35. The van der Waals surface area contributed by atoms with E-state index in [0.29, 0.717) is 20.9 Å². The Morgan fingerprint density at radius 1 is 1.53 bits per heavy atom. The Hall–Kier alpha value is -1.73. The molecule has 86 valence electrons. The van der Waals surface area contributed by atoms with Gasteiger partial charge >= 0.3 is 5.97 Å². The number of fused-ring (bicyclic) bond motifs is 1. The molecule has 0 atom stereocenters. The highest BCUT2D eigenvalue weighted by atomic mass is 32.1. The average molecular weight is 265 g/mol. The number of thiophene rings is 1. The maximum Gasteiger partial charge on any atom is 0.350 e. The molecule has 0 unspecified atom stereocenters. The van der Waals surface area contributed by atoms with Gasteiger partial charge in [0.15, 0.2) is 0 Å². The topological polar surface area (TPSA) is 64.4 Å². The Bertz CT molecular complexity index is 607. The number of aliphatic imine (C=N–C) groups is 1. The number of carbonyl (C=O) groups is 1. The molecule has 0 saturated heterocycles. The molecule has 2 heterocycles. The largest absolute Gasteiger partial charge is 0.465 e. The minimum absolute atomic E-state index is 0.377. The maximum atomic E-state index is 11.6. The van der Waals surface area contributed by atoms with E-state index in [1.807, 2.05) is 0 Å². The molecular weight excluding hydrogens is 258 g/mol. The number of nitrogens with zero attached hydrogens (tertiary/aromatic N) is 3. The van der Waals surface area contributed by atoms with Gasteiger partial charge in [-0.15, -0.1) is 11.3 Å². The Morgan fingerprint density at radius 3 is 3.00 bits per heavy atom. The van der Waals surface area contributed by atoms with Crippen molar-refractivity contribution in [3.63, 3.8) is 0 Å². The van der Waals surface area contributed by atoms with E-state index in [0.717, 1.165) is 0 Å². The summed E-state index contributed by atoms with van der Waals surface area (Å²) in [4.78, 5) is 25.0. The van der Waals surface area contributed by atoms with Gasteiger partial charge in [-0.2, -0.15) is 0 Å². The molecule has 17 heavy (non-hydrogen) atoms. The van der Waals surface area contributed by atoms with Gasteiger partial charge in [-0.3, -0.25) is 4.99 Å². The third-order valence-electron chi connectivity index (χ3n) is 1.94. The zero-order valence-electron chi connectivity index (χ0n) is 8.78. The zero-order chi connectivity index (χ0) is 12.3. The minimum Gasteiger partial charge on any atom is -0.465 e. The Morgan fingerprint density at radius 2 is 2.29 bits per heavy atom. The molecule has 0 bridgehead atoms. The highest BCUT2D eigenvalue weighted by Gasteiger charge is 2.19. The van der Waals surface area contributed by atoms with Crippen molar-refractivity contribution in [2.45, 2.75) is 0 Å². The number of methoxy groups -OCH3 is 1. The van der Waals surface area contributed by atoms with Crippen LogP contribution >= 0.6 is 23.6 Å². The van der Waals surface area contributed by atoms with Crippen molar-refractivity contribution < 1.29 is 9.53 Å². The molecule has 0 radical (unpaired) electrons. The summed E-state index contributed by atoms with van der Waals surface area (Å²) in [5, 5.41) is 1.36. The summed E-state index contributed by atoms with van der Waals surface area (Å²) in [6, 6.07) is 0. The van der Waals surface area contributed by atoms with E-state index in [4.69, 9.17) is 4.74 Å². The lowest BCUT2D eigenvalue weighted by atomic mass is 10.3. The molecule has 0 saturated carbocycles. The van der Waals surface area contributed by atoms with Crippen LogP contribution in [0.15, 0.2) is 17.4 Å². The lowest BCUT2D eigenvalue weighted by Gasteiger charge is -1.95. The van der Waals surface area contributed by atoms with Crippen molar-refractivity contribution in [3.8, 4) is 0 Å². The van der Waals surface area contributed by atoms with Gasteiger partial charge in [-0.25, -0.2) is 14.8 Å². The second kappa shape index (κ2) is 5.07. The molecule has 5 nitrogen and oxygen atoms in total. The average Bonchev–Trinajstić information content (AvgIpc) is 2.74. The van der Waals surface area contributed by atoms with Crippen molar-refractivity contribution in [1.82, 2.24) is 9.97 Å². The van der Waals surface area contributed by atoms with Crippen LogP contribution in [0.5, 0.6) is 0 Å². The van der Waals surface area contributed by atoms with Crippen LogP contribution in [0.1, 0.15) is 9.67 Å². The van der Waals surface area contributed by atoms with E-state index in [9.17, 15) is 4.79 Å². The van der Waals surface area contributed by atoms with Crippen LogP contribution < -0.4 is 0 Å². The number of carbonyl (C=O) groups excluding carboxylic acids is 1. The number of thiocarbonyl (C=S) groups is 1. The van der Waals surface area contributed by atoms with Crippen molar-refractivity contribution in [2.24, 2.45) is 4.99 Å². The van der Waals surface area contributed by atoms with Gasteiger partial charge in [-0.1, -0.05) is 12.2 Å². The Kier molecular flexibility index (Phi) is 3.50. The van der Waals surface area contributed by atoms with E-state index < -0.39 is 5.97 Å². The lowest BCUT2D eigenvalue weighted by molar-refractivity contribution is 0.0607. The fraction of sp³-hybridized carbons (Fsp3) is 0.100. The van der Waals surface area contributed by atoms with Crippen LogP contribution in [-0.4, -0.2) is 34.6 Å². The zero-order valence-corrected chi connectivity index (χ0v) is 10.4. The molecule has 2 aromatic rings. The minimum atomic E-state index is -0.452. The van der Waals surface area contributed by atoms with Crippen molar-refractivity contribution in [3.05, 3.63) is 17.3 Å². The number of esters is 1. The summed E-state index contributed by atoms with van der Waals surface area (Å²) in [7, 11) is 1.32. The summed E-state index contributed by atoms with van der Waals surface area (Å²) in [6.45, 7) is 0. The van der Waals surface area contributed by atoms with Crippen LogP contribution in [-0.2, 0) is 4.74 Å². The summed E-state index contributed by atoms with van der Waals surface area (Å²) in [6.07, 6.45) is 4.54. The van der Waals surface area contributed by atoms with Crippen molar-refractivity contribution in [1.29, 1.82) is 0 Å². The normalized spacial score (nSPS) is 10.9. The maximum absolute atomic E-state index is 11.6. The second-order valence-electron chi connectivity index (χ2n) is 2.90. The smallest absolute Gasteiger partial charge is 0.350 e. The predicted molar refractivity (Wildman–Crippen MR) is 70.6 cm³/mol. The Labute approximate surface area is 106 Å². The first-order chi connectivity index (χ1) is 8.27. The molecule has 7 heteroatoms. The van der Waals surface area contributed by atoms with Gasteiger partial charge in [0.05, 0.1) is 7.11 Å². The van der Waals surface area contributed by atoms with Gasteiger partial charge in [-0.05, 0) is 0 Å².